The van der Waals surface area contributed by atoms with Gasteiger partial charge in [0.25, 0.3) is 0 Å². The number of hydrogen-bond acceptors (Lipinski definition) is 4. The molecule has 148 valence electrons. The summed E-state index contributed by atoms with van der Waals surface area (Å²) in [6.45, 7) is 0.790. The van der Waals surface area contributed by atoms with Crippen LogP contribution in [0.4, 0.5) is 11.5 Å². The Kier molecular flexibility index (Phi) is 5.87. The SMILES string of the molecule is O=C(CCN1C(=O)CSc2ccccc21)Nc1ccnn1Cc1ccccc1Cl. The van der Waals surface area contributed by atoms with Crippen LogP contribution in [-0.4, -0.2) is 33.9 Å². The van der Waals surface area contributed by atoms with Crippen molar-refractivity contribution in [3.63, 3.8) is 0 Å². The van der Waals surface area contributed by atoms with E-state index < -0.39 is 0 Å². The van der Waals surface area contributed by atoms with E-state index in [4.69, 9.17) is 11.6 Å². The first-order valence-corrected chi connectivity index (χ1v) is 10.6. The standard InChI is InChI=1S/C21H19ClN4O2S/c22-16-6-2-1-5-15(16)13-26-19(9-11-23-26)24-20(27)10-12-25-17-7-3-4-8-18(17)29-14-21(25)28/h1-9,11H,10,12-14H2,(H,24,27). The van der Waals surface area contributed by atoms with Crippen LogP contribution in [0.5, 0.6) is 0 Å². The van der Waals surface area contributed by atoms with Crippen LogP contribution in [0.15, 0.2) is 65.7 Å². The van der Waals surface area contributed by atoms with E-state index in [1.807, 2.05) is 48.5 Å². The van der Waals surface area contributed by atoms with Gasteiger partial charge in [-0.25, -0.2) is 4.68 Å². The molecule has 2 heterocycles. The molecule has 6 nitrogen and oxygen atoms in total. The highest BCUT2D eigenvalue weighted by Gasteiger charge is 2.24. The fourth-order valence-electron chi connectivity index (χ4n) is 3.17. The Labute approximate surface area is 177 Å². The van der Waals surface area contributed by atoms with Gasteiger partial charge in [0.15, 0.2) is 0 Å². The molecule has 4 rings (SSSR count). The number of thioether (sulfide) groups is 1. The summed E-state index contributed by atoms with van der Waals surface area (Å²) in [4.78, 5) is 27.6. The maximum Gasteiger partial charge on any atom is 0.237 e. The monoisotopic (exact) mass is 426 g/mol. The Bertz CT molecular complexity index is 1050. The summed E-state index contributed by atoms with van der Waals surface area (Å²) < 4.78 is 1.69. The summed E-state index contributed by atoms with van der Waals surface area (Å²) in [5.74, 6) is 0.832. The first-order valence-electron chi connectivity index (χ1n) is 9.19. The lowest BCUT2D eigenvalue weighted by Crippen LogP contribution is -2.37. The van der Waals surface area contributed by atoms with Gasteiger partial charge in [0.2, 0.25) is 11.8 Å². The topological polar surface area (TPSA) is 67.2 Å². The number of hydrogen-bond donors (Lipinski definition) is 1. The number of rotatable bonds is 6. The Hall–Kier alpha value is -2.77. The number of carbonyl (C=O) groups is 2. The summed E-state index contributed by atoms with van der Waals surface area (Å²) in [6, 6.07) is 17.0. The van der Waals surface area contributed by atoms with Gasteiger partial charge in [-0.3, -0.25) is 9.59 Å². The predicted molar refractivity (Wildman–Crippen MR) is 116 cm³/mol. The third kappa shape index (κ3) is 4.46. The van der Waals surface area contributed by atoms with Gasteiger partial charge in [0, 0.05) is 29.0 Å². The van der Waals surface area contributed by atoms with Gasteiger partial charge < -0.3 is 10.2 Å². The normalized spacial score (nSPS) is 13.3. The summed E-state index contributed by atoms with van der Waals surface area (Å²) in [5.41, 5.74) is 1.78. The van der Waals surface area contributed by atoms with E-state index in [0.717, 1.165) is 16.1 Å². The van der Waals surface area contributed by atoms with E-state index in [0.29, 0.717) is 29.7 Å². The Morgan fingerprint density at radius 3 is 2.79 bits per heavy atom. The number of benzene rings is 2. The number of nitrogens with one attached hydrogen (secondary N) is 1. The number of carbonyl (C=O) groups excluding carboxylic acids is 2. The molecule has 8 heteroatoms. The highest BCUT2D eigenvalue weighted by molar-refractivity contribution is 8.00. The Balaban J connectivity index is 1.40. The summed E-state index contributed by atoms with van der Waals surface area (Å²) in [5, 5.41) is 7.81. The van der Waals surface area contributed by atoms with E-state index in [2.05, 4.69) is 10.4 Å². The van der Waals surface area contributed by atoms with Crippen LogP contribution in [0, 0.1) is 0 Å². The fraction of sp³-hybridized carbons (Fsp3) is 0.190. The molecule has 29 heavy (non-hydrogen) atoms. The van der Waals surface area contributed by atoms with Gasteiger partial charge in [-0.05, 0) is 23.8 Å². The number of para-hydroxylation sites is 1. The summed E-state index contributed by atoms with van der Waals surface area (Å²) >= 11 is 7.75. The fourth-order valence-corrected chi connectivity index (χ4v) is 4.30. The molecule has 0 spiro atoms. The van der Waals surface area contributed by atoms with Crippen molar-refractivity contribution >= 4 is 46.7 Å². The Morgan fingerprint density at radius 1 is 1.14 bits per heavy atom. The van der Waals surface area contributed by atoms with Crippen LogP contribution < -0.4 is 10.2 Å². The molecule has 1 aromatic heterocycles. The lowest BCUT2D eigenvalue weighted by Gasteiger charge is -2.28. The number of amides is 2. The second-order valence-electron chi connectivity index (χ2n) is 6.57. The second kappa shape index (κ2) is 8.71. The molecule has 0 radical (unpaired) electrons. The highest BCUT2D eigenvalue weighted by atomic mass is 35.5. The van der Waals surface area contributed by atoms with Gasteiger partial charge in [0.05, 0.1) is 24.2 Å². The molecule has 0 atom stereocenters. The Morgan fingerprint density at radius 2 is 1.93 bits per heavy atom. The van der Waals surface area contributed by atoms with E-state index in [1.165, 1.54) is 11.8 Å². The first kappa shape index (κ1) is 19.5. The molecular formula is C21H19ClN4O2S. The van der Waals surface area contributed by atoms with Crippen LogP contribution in [0.3, 0.4) is 0 Å². The molecule has 0 fully saturated rings. The maximum absolute atomic E-state index is 12.5. The van der Waals surface area contributed by atoms with Crippen LogP contribution in [0.2, 0.25) is 5.02 Å². The van der Waals surface area contributed by atoms with Crippen molar-refractivity contribution in [2.75, 3.05) is 22.5 Å². The molecule has 0 unspecified atom stereocenters. The summed E-state index contributed by atoms with van der Waals surface area (Å²) in [7, 11) is 0. The molecule has 0 saturated carbocycles. The van der Waals surface area contributed by atoms with Gasteiger partial charge in [0.1, 0.15) is 5.82 Å². The average molecular weight is 427 g/mol. The lowest BCUT2D eigenvalue weighted by molar-refractivity contribution is -0.117. The molecular weight excluding hydrogens is 408 g/mol. The van der Waals surface area contributed by atoms with E-state index in [1.54, 1.807) is 21.8 Å². The van der Waals surface area contributed by atoms with Crippen molar-refractivity contribution in [2.24, 2.45) is 0 Å². The van der Waals surface area contributed by atoms with Crippen LogP contribution in [-0.2, 0) is 16.1 Å². The zero-order valence-corrected chi connectivity index (χ0v) is 17.1. The third-order valence-electron chi connectivity index (χ3n) is 4.63. The van der Waals surface area contributed by atoms with E-state index in [9.17, 15) is 9.59 Å². The quantitative estimate of drug-likeness (QED) is 0.645. The van der Waals surface area contributed by atoms with Crippen molar-refractivity contribution in [1.29, 1.82) is 0 Å². The minimum absolute atomic E-state index is 0.0188. The van der Waals surface area contributed by atoms with Crippen molar-refractivity contribution < 1.29 is 9.59 Å². The number of fused-ring (bicyclic) bond motifs is 1. The number of anilines is 2. The van der Waals surface area contributed by atoms with E-state index in [-0.39, 0.29) is 18.2 Å². The molecule has 3 aromatic rings. The molecule has 1 aliphatic heterocycles. The van der Waals surface area contributed by atoms with Crippen molar-refractivity contribution in [2.45, 2.75) is 17.9 Å². The molecule has 2 aromatic carbocycles. The van der Waals surface area contributed by atoms with E-state index >= 15 is 0 Å². The molecule has 1 N–H and O–H groups in total. The van der Waals surface area contributed by atoms with Crippen molar-refractivity contribution in [1.82, 2.24) is 9.78 Å². The second-order valence-corrected chi connectivity index (χ2v) is 7.99. The number of nitrogens with zero attached hydrogens (tertiary/aromatic N) is 3. The van der Waals surface area contributed by atoms with Crippen LogP contribution in [0.1, 0.15) is 12.0 Å². The van der Waals surface area contributed by atoms with Gasteiger partial charge in [-0.15, -0.1) is 11.8 Å². The zero-order chi connectivity index (χ0) is 20.2. The van der Waals surface area contributed by atoms with Crippen LogP contribution in [0.25, 0.3) is 0 Å². The third-order valence-corrected chi connectivity index (χ3v) is 6.05. The molecule has 0 bridgehead atoms. The van der Waals surface area contributed by atoms with Crippen molar-refractivity contribution in [3.8, 4) is 0 Å². The molecule has 2 amide bonds. The molecule has 0 aliphatic carbocycles. The van der Waals surface area contributed by atoms with Gasteiger partial charge >= 0.3 is 0 Å². The van der Waals surface area contributed by atoms with Crippen LogP contribution >= 0.6 is 23.4 Å². The highest BCUT2D eigenvalue weighted by Crippen LogP contribution is 2.34. The lowest BCUT2D eigenvalue weighted by atomic mass is 10.2. The molecule has 0 saturated heterocycles. The maximum atomic E-state index is 12.5. The summed E-state index contributed by atoms with van der Waals surface area (Å²) in [6.07, 6.45) is 1.83. The predicted octanol–water partition coefficient (Wildman–Crippen LogP) is 4.05. The smallest absolute Gasteiger partial charge is 0.237 e. The number of aromatic nitrogens is 2. The molecule has 1 aliphatic rings. The first-order chi connectivity index (χ1) is 14.1. The minimum Gasteiger partial charge on any atom is -0.311 e. The largest absolute Gasteiger partial charge is 0.311 e. The minimum atomic E-state index is -0.172. The van der Waals surface area contributed by atoms with Crippen molar-refractivity contribution in [3.05, 3.63) is 71.4 Å². The average Bonchev–Trinajstić information content (AvgIpc) is 3.15. The van der Waals surface area contributed by atoms with Gasteiger partial charge in [-0.2, -0.15) is 5.10 Å². The number of halogens is 1. The van der Waals surface area contributed by atoms with Gasteiger partial charge in [-0.1, -0.05) is 41.9 Å². The zero-order valence-electron chi connectivity index (χ0n) is 15.5.